The van der Waals surface area contributed by atoms with Gasteiger partial charge in [-0.2, -0.15) is 0 Å². The number of nitrogen functional groups attached to an aromatic ring is 1. The van der Waals surface area contributed by atoms with Crippen molar-refractivity contribution in [1.29, 1.82) is 0 Å². The monoisotopic (exact) mass is 263 g/mol. The van der Waals surface area contributed by atoms with E-state index in [9.17, 15) is 0 Å². The smallest absolute Gasteiger partial charge is 0.149 e. The standard InChI is InChI=1S/C14H25N5/c1-5-12-16-13(15)11(4)14(17-12)18-19-9(2)7-6-8-10(19)3/h9-10H,5-8H2,1-4H3,(H3,15,16,17,18). The molecule has 0 spiro atoms. The molecule has 0 radical (unpaired) electrons. The van der Waals surface area contributed by atoms with Crippen LogP contribution in [0, 0.1) is 6.92 Å². The van der Waals surface area contributed by atoms with Gasteiger partial charge in [0.05, 0.1) is 0 Å². The average Bonchev–Trinajstić information content (AvgIpc) is 2.38. The normalized spacial score (nSPS) is 24.4. The molecule has 2 atom stereocenters. The van der Waals surface area contributed by atoms with Crippen molar-refractivity contribution in [3.8, 4) is 0 Å². The predicted octanol–water partition coefficient (Wildman–Crippen LogP) is 2.52. The Labute approximate surface area is 115 Å². The van der Waals surface area contributed by atoms with E-state index in [1.54, 1.807) is 0 Å². The molecule has 3 N–H and O–H groups in total. The second-order valence-electron chi connectivity index (χ2n) is 5.50. The Morgan fingerprint density at radius 1 is 1.26 bits per heavy atom. The summed E-state index contributed by atoms with van der Waals surface area (Å²) in [6.45, 7) is 8.52. The SMILES string of the molecule is CCc1nc(N)c(C)c(NN2C(C)CCCC2C)n1. The van der Waals surface area contributed by atoms with Gasteiger partial charge in [0.15, 0.2) is 0 Å². The van der Waals surface area contributed by atoms with Gasteiger partial charge in [0, 0.05) is 24.1 Å². The van der Waals surface area contributed by atoms with Crippen LogP contribution in [0.2, 0.25) is 0 Å². The molecule has 1 aliphatic heterocycles. The zero-order chi connectivity index (χ0) is 14.0. The second kappa shape index (κ2) is 5.74. The van der Waals surface area contributed by atoms with E-state index in [2.05, 4.69) is 34.3 Å². The van der Waals surface area contributed by atoms with E-state index in [1.807, 2.05) is 13.8 Å². The fraction of sp³-hybridized carbons (Fsp3) is 0.714. The van der Waals surface area contributed by atoms with Crippen LogP contribution in [0.4, 0.5) is 11.6 Å². The third-order valence-corrected chi connectivity index (χ3v) is 3.97. The highest BCUT2D eigenvalue weighted by Crippen LogP contribution is 2.25. The summed E-state index contributed by atoms with van der Waals surface area (Å²) >= 11 is 0. The number of aromatic nitrogens is 2. The Balaban J connectivity index is 2.24. The van der Waals surface area contributed by atoms with E-state index < -0.39 is 0 Å². The van der Waals surface area contributed by atoms with Gasteiger partial charge in [-0.1, -0.05) is 13.3 Å². The number of hydrazine groups is 1. The minimum absolute atomic E-state index is 0.518. The number of piperidine rings is 1. The van der Waals surface area contributed by atoms with Gasteiger partial charge >= 0.3 is 0 Å². The minimum atomic E-state index is 0.518. The number of hydrogen-bond donors (Lipinski definition) is 2. The molecule has 1 aromatic rings. The Hall–Kier alpha value is -1.36. The number of nitrogens with two attached hydrogens (primary N) is 1. The van der Waals surface area contributed by atoms with E-state index in [0.29, 0.717) is 17.9 Å². The first-order valence-corrected chi connectivity index (χ1v) is 7.20. The molecule has 5 nitrogen and oxygen atoms in total. The lowest BCUT2D eigenvalue weighted by atomic mass is 10.00. The van der Waals surface area contributed by atoms with Crippen molar-refractivity contribution in [3.05, 3.63) is 11.4 Å². The summed E-state index contributed by atoms with van der Waals surface area (Å²) in [7, 11) is 0. The summed E-state index contributed by atoms with van der Waals surface area (Å²) in [5.41, 5.74) is 10.4. The molecule has 0 aliphatic carbocycles. The average molecular weight is 263 g/mol. The van der Waals surface area contributed by atoms with Gasteiger partial charge in [-0.25, -0.2) is 15.0 Å². The fourth-order valence-electron chi connectivity index (χ4n) is 2.61. The topological polar surface area (TPSA) is 67.1 Å². The summed E-state index contributed by atoms with van der Waals surface area (Å²) in [5, 5.41) is 2.30. The van der Waals surface area contributed by atoms with E-state index in [4.69, 9.17) is 5.73 Å². The molecule has 2 unspecified atom stereocenters. The third kappa shape index (κ3) is 2.97. The number of aryl methyl sites for hydroxylation is 1. The van der Waals surface area contributed by atoms with Crippen molar-refractivity contribution in [2.24, 2.45) is 0 Å². The van der Waals surface area contributed by atoms with Gasteiger partial charge in [0.2, 0.25) is 0 Å². The van der Waals surface area contributed by atoms with Crippen LogP contribution < -0.4 is 11.2 Å². The molecule has 106 valence electrons. The van der Waals surface area contributed by atoms with Gasteiger partial charge in [0.25, 0.3) is 0 Å². The van der Waals surface area contributed by atoms with Crippen molar-refractivity contribution in [3.63, 3.8) is 0 Å². The predicted molar refractivity (Wildman–Crippen MR) is 78.8 cm³/mol. The molecule has 1 fully saturated rings. The van der Waals surface area contributed by atoms with Crippen LogP contribution in [-0.4, -0.2) is 27.1 Å². The Morgan fingerprint density at radius 3 is 2.47 bits per heavy atom. The summed E-state index contributed by atoms with van der Waals surface area (Å²) in [5.74, 6) is 2.22. The lowest BCUT2D eigenvalue weighted by molar-refractivity contribution is 0.135. The first kappa shape index (κ1) is 14.1. The summed E-state index contributed by atoms with van der Waals surface area (Å²) in [6.07, 6.45) is 4.53. The number of hydrogen-bond acceptors (Lipinski definition) is 5. The largest absolute Gasteiger partial charge is 0.383 e. The van der Waals surface area contributed by atoms with Gasteiger partial charge in [-0.3, -0.25) is 0 Å². The molecule has 19 heavy (non-hydrogen) atoms. The molecular weight excluding hydrogens is 238 g/mol. The van der Waals surface area contributed by atoms with Gasteiger partial charge in [0.1, 0.15) is 17.5 Å². The molecule has 2 rings (SSSR count). The molecule has 0 bridgehead atoms. The zero-order valence-electron chi connectivity index (χ0n) is 12.4. The van der Waals surface area contributed by atoms with Crippen LogP contribution >= 0.6 is 0 Å². The van der Waals surface area contributed by atoms with Crippen LogP contribution in [0.5, 0.6) is 0 Å². The Morgan fingerprint density at radius 2 is 1.89 bits per heavy atom. The summed E-state index contributed by atoms with van der Waals surface area (Å²) in [6, 6.07) is 1.04. The van der Waals surface area contributed by atoms with E-state index >= 15 is 0 Å². The highest BCUT2D eigenvalue weighted by atomic mass is 15.5. The van der Waals surface area contributed by atoms with Gasteiger partial charge in [-0.05, 0) is 33.6 Å². The van der Waals surface area contributed by atoms with Crippen molar-refractivity contribution >= 4 is 11.6 Å². The first-order valence-electron chi connectivity index (χ1n) is 7.20. The van der Waals surface area contributed by atoms with Crippen LogP contribution in [0.25, 0.3) is 0 Å². The first-order chi connectivity index (χ1) is 9.02. The van der Waals surface area contributed by atoms with Crippen molar-refractivity contribution in [2.75, 3.05) is 11.2 Å². The van der Waals surface area contributed by atoms with Crippen LogP contribution in [0.15, 0.2) is 0 Å². The van der Waals surface area contributed by atoms with Gasteiger partial charge in [-0.15, -0.1) is 0 Å². The second-order valence-corrected chi connectivity index (χ2v) is 5.50. The highest BCUT2D eigenvalue weighted by molar-refractivity contribution is 5.54. The van der Waals surface area contributed by atoms with Crippen LogP contribution in [0.1, 0.15) is 51.4 Å². The molecule has 0 amide bonds. The maximum absolute atomic E-state index is 5.96. The third-order valence-electron chi connectivity index (χ3n) is 3.97. The van der Waals surface area contributed by atoms with E-state index in [-0.39, 0.29) is 0 Å². The van der Waals surface area contributed by atoms with Crippen molar-refractivity contribution in [2.45, 2.75) is 65.5 Å². The fourth-order valence-corrected chi connectivity index (χ4v) is 2.61. The Bertz CT molecular complexity index is 436. The van der Waals surface area contributed by atoms with Crippen molar-refractivity contribution < 1.29 is 0 Å². The van der Waals surface area contributed by atoms with Crippen LogP contribution in [0.3, 0.4) is 0 Å². The highest BCUT2D eigenvalue weighted by Gasteiger charge is 2.25. The molecule has 2 heterocycles. The van der Waals surface area contributed by atoms with Gasteiger partial charge < -0.3 is 11.2 Å². The minimum Gasteiger partial charge on any atom is -0.383 e. The quantitative estimate of drug-likeness (QED) is 0.877. The van der Waals surface area contributed by atoms with Crippen LogP contribution in [-0.2, 0) is 6.42 Å². The molecule has 1 aliphatic rings. The number of rotatable bonds is 3. The number of nitrogens with one attached hydrogen (secondary N) is 1. The molecule has 1 aromatic heterocycles. The molecule has 5 heteroatoms. The maximum atomic E-state index is 5.96. The number of nitrogens with zero attached hydrogens (tertiary/aromatic N) is 3. The number of anilines is 2. The summed E-state index contributed by atoms with van der Waals surface area (Å²) in [4.78, 5) is 8.86. The van der Waals surface area contributed by atoms with E-state index in [0.717, 1.165) is 23.6 Å². The molecule has 0 saturated carbocycles. The lowest BCUT2D eigenvalue weighted by Gasteiger charge is -2.39. The lowest BCUT2D eigenvalue weighted by Crippen LogP contribution is -2.47. The molecule has 1 saturated heterocycles. The van der Waals surface area contributed by atoms with E-state index in [1.165, 1.54) is 19.3 Å². The zero-order valence-corrected chi connectivity index (χ0v) is 12.4. The molecular formula is C14H25N5. The molecule has 0 aromatic carbocycles. The van der Waals surface area contributed by atoms with Crippen molar-refractivity contribution in [1.82, 2.24) is 15.0 Å². The summed E-state index contributed by atoms with van der Waals surface area (Å²) < 4.78 is 0. The Kier molecular flexibility index (Phi) is 4.24. The maximum Gasteiger partial charge on any atom is 0.149 e.